The molecule has 0 aliphatic carbocycles. The average Bonchev–Trinajstić information content (AvgIpc) is 0.851. The van der Waals surface area contributed by atoms with E-state index in [2.05, 4.69) is 136 Å². The number of pyridine rings is 4. The molecule has 12 rings (SSSR count). The number of nitrogens with zero attached hydrogens (tertiary/aromatic N) is 20. The Bertz CT molecular complexity index is 4720. The second kappa shape index (κ2) is 77.0. The summed E-state index contributed by atoms with van der Waals surface area (Å²) in [6, 6.07) is 89.2. The molecule has 38 heteroatoms. The minimum absolute atomic E-state index is 0. The van der Waals surface area contributed by atoms with Crippen LogP contribution in [0.5, 0.6) is 0 Å². The first kappa shape index (κ1) is 143. The summed E-state index contributed by atoms with van der Waals surface area (Å²) in [7, 11) is 32.4. The van der Waals surface area contributed by atoms with Gasteiger partial charge in [0.15, 0.2) is 0 Å². The summed E-state index contributed by atoms with van der Waals surface area (Å²) in [5, 5.41) is 0.778. The number of hydrogen-bond acceptors (Lipinski definition) is 20. The first-order valence-electron chi connectivity index (χ1n) is 42.0. The molecular weight excluding hydrogens is 2140 g/mol. The van der Waals surface area contributed by atoms with Crippen LogP contribution in [-0.4, -0.2) is 222 Å². The summed E-state index contributed by atoms with van der Waals surface area (Å²) in [5.74, 6) is 0. The van der Waals surface area contributed by atoms with Crippen molar-refractivity contribution in [3.63, 3.8) is 0 Å². The van der Waals surface area contributed by atoms with Gasteiger partial charge in [-0.3, -0.25) is 39.9 Å². The second-order valence-electron chi connectivity index (χ2n) is 30.9. The SMILES string of the molecule is CC(=Nc1ccc(N(C)C)cc1)c1cccc(C(C)=Nc2ccc(N(C)C)cc2)n1.CC(=Nc1ccc(N(C)C)cc1)c1cccc(C(C)=Nc2ccc(N(C)C)cc2)n1.CC(=Nc1ccc(N(C)C)cc1)c1cccc(C(C)=Nc2ccc(N(C)C)cc2)n1.CC(=Nc1ccc(N(C)C)cc1)c1cccc(C(C)=Nc2ccc(N(C)C)cc2)n1.ClCCl.ClCCl.ClCCl.ClCCl.O.O.O.O.[Cl-].[Cl-].[Cl-].[Cl-].[Ni+2].[Ni+2]. The minimum atomic E-state index is 0. The fraction of sp³-hybridized carbons (Fsp3) is 0.269. The second-order valence-corrected chi connectivity index (χ2v) is 34.1. The van der Waals surface area contributed by atoms with Crippen molar-refractivity contribution in [3.8, 4) is 0 Å². The third-order valence-electron chi connectivity index (χ3n) is 19.3. The standard InChI is InChI=1S/4C25H29N5.4CH2Cl2.4ClH.2Ni.4H2O/c4*1-18(26-20-10-14-22(15-11-20)29(3)4)24-8-7-9-25(28-24)19(2)27-21-12-16-23(17-13-21)30(5)6;4*2-1-3;;;;;;;;;;/h4*7-17H,1-6H3;4*1H2;4*1H;;;4*1H2/q;;;;;;;;;;;;2*+2;;;;/p-4. The van der Waals surface area contributed by atoms with Crippen molar-refractivity contribution in [2.24, 2.45) is 39.9 Å². The largest absolute Gasteiger partial charge is 2.00 e. The Labute approximate surface area is 926 Å². The first-order valence-corrected chi connectivity index (χ1v) is 46.3. The van der Waals surface area contributed by atoms with Crippen molar-refractivity contribution >= 4 is 229 Å². The quantitative estimate of drug-likeness (QED) is 0.0310. The van der Waals surface area contributed by atoms with Crippen molar-refractivity contribution in [3.05, 3.63) is 312 Å². The van der Waals surface area contributed by atoms with E-state index in [-0.39, 0.29) is 126 Å². The maximum absolute atomic E-state index is 4.78. The van der Waals surface area contributed by atoms with Crippen LogP contribution in [0.2, 0.25) is 0 Å². The number of rotatable bonds is 24. The van der Waals surface area contributed by atoms with Crippen LogP contribution in [-0.2, 0) is 33.0 Å². The molecule has 0 atom stereocenters. The molecule has 0 unspecified atom stereocenters. The van der Waals surface area contributed by atoms with E-state index in [4.69, 9.17) is 153 Å². The molecule has 0 spiro atoms. The number of aromatic nitrogens is 4. The van der Waals surface area contributed by atoms with E-state index in [0.29, 0.717) is 0 Å². The summed E-state index contributed by atoms with van der Waals surface area (Å²) in [4.78, 5) is 73.5. The zero-order valence-electron chi connectivity index (χ0n) is 84.3. The molecule has 0 aliphatic rings. The Hall–Kier alpha value is -9.57. The van der Waals surface area contributed by atoms with Crippen molar-refractivity contribution in [1.82, 2.24) is 19.9 Å². The van der Waals surface area contributed by atoms with Crippen molar-refractivity contribution in [1.29, 1.82) is 0 Å². The summed E-state index contributed by atoms with van der Waals surface area (Å²) in [6.45, 7) is 15.9. The van der Waals surface area contributed by atoms with Gasteiger partial charge in [0.05, 0.1) is 158 Å². The molecule has 0 fully saturated rings. The topological polar surface area (TPSA) is 302 Å². The normalized spacial score (nSPS) is 10.7. The number of benzene rings is 8. The zero-order valence-corrected chi connectivity index (χ0v) is 95.4. The number of alkyl halides is 8. The summed E-state index contributed by atoms with van der Waals surface area (Å²) >= 11 is 38.1. The number of halogens is 12. The molecule has 0 saturated carbocycles. The van der Waals surface area contributed by atoms with Crippen LogP contribution in [0.4, 0.5) is 91.0 Å². The first-order chi connectivity index (χ1) is 63.0. The number of hydrogen-bond donors (Lipinski definition) is 0. The Morgan fingerprint density at radius 2 is 0.254 bits per heavy atom. The molecule has 12 aromatic rings. The smallest absolute Gasteiger partial charge is 1.00 e. The van der Waals surface area contributed by atoms with E-state index in [9.17, 15) is 0 Å². The van der Waals surface area contributed by atoms with Gasteiger partial charge in [0.2, 0.25) is 0 Å². The van der Waals surface area contributed by atoms with E-state index in [1.54, 1.807) is 0 Å². The van der Waals surface area contributed by atoms with Gasteiger partial charge in [0, 0.05) is 158 Å². The van der Waals surface area contributed by atoms with Gasteiger partial charge in [-0.1, -0.05) is 24.3 Å². The molecule has 776 valence electrons. The number of aliphatic imine (C=N–C) groups is 8. The third kappa shape index (κ3) is 51.3. The van der Waals surface area contributed by atoms with Crippen LogP contribution < -0.4 is 88.8 Å². The summed E-state index contributed by atoms with van der Waals surface area (Å²) in [5.41, 5.74) is 30.3. The van der Waals surface area contributed by atoms with E-state index in [1.165, 1.54) is 0 Å². The average molecular weight is 2270 g/mol. The van der Waals surface area contributed by atoms with Crippen molar-refractivity contribution in [2.75, 3.05) is 173 Å². The predicted octanol–water partition coefficient (Wildman–Crippen LogP) is 12.4. The molecule has 142 heavy (non-hydrogen) atoms. The minimum Gasteiger partial charge on any atom is -1.00 e. The molecule has 0 radical (unpaired) electrons. The van der Waals surface area contributed by atoms with Crippen LogP contribution in [0.3, 0.4) is 0 Å². The molecule has 8 N–H and O–H groups in total. The molecule has 4 heterocycles. The van der Waals surface area contributed by atoms with Crippen LogP contribution in [0.1, 0.15) is 101 Å². The maximum Gasteiger partial charge on any atom is 2.00 e. The molecule has 4 aromatic heterocycles. The van der Waals surface area contributed by atoms with Gasteiger partial charge in [-0.25, -0.2) is 19.9 Å². The maximum atomic E-state index is 4.78. The zero-order chi connectivity index (χ0) is 97.5. The molecule has 0 bridgehead atoms. The van der Waals surface area contributed by atoms with Gasteiger partial charge < -0.3 is 111 Å². The predicted molar refractivity (Wildman–Crippen MR) is 599 cm³/mol. The van der Waals surface area contributed by atoms with E-state index < -0.39 is 0 Å². The van der Waals surface area contributed by atoms with E-state index in [0.717, 1.165) is 182 Å². The Morgan fingerprint density at radius 1 is 0.176 bits per heavy atom. The molecule has 24 nitrogen and oxygen atoms in total. The third-order valence-corrected chi connectivity index (χ3v) is 19.3. The Kier molecular flexibility index (Phi) is 77.6. The summed E-state index contributed by atoms with van der Waals surface area (Å²) in [6.07, 6.45) is 0. The van der Waals surface area contributed by atoms with Gasteiger partial charge in [-0.2, -0.15) is 0 Å². The molecule has 0 aliphatic heterocycles. The Morgan fingerprint density at radius 3 is 0.324 bits per heavy atom. The Balaban J connectivity index is -0.000000408. The van der Waals surface area contributed by atoms with Gasteiger partial charge in [-0.05, 0) is 298 Å². The van der Waals surface area contributed by atoms with E-state index >= 15 is 0 Å². The van der Waals surface area contributed by atoms with Crippen molar-refractivity contribution < 1.29 is 105 Å². The van der Waals surface area contributed by atoms with Gasteiger partial charge in [0.25, 0.3) is 0 Å². The van der Waals surface area contributed by atoms with Crippen LogP contribution in [0.25, 0.3) is 0 Å². The van der Waals surface area contributed by atoms with Crippen LogP contribution >= 0.6 is 92.8 Å². The van der Waals surface area contributed by atoms with Gasteiger partial charge in [-0.15, -0.1) is 92.8 Å². The molecular formula is C104H132Cl12N20Ni2O4. The van der Waals surface area contributed by atoms with E-state index in [1.807, 2.05) is 338 Å². The van der Waals surface area contributed by atoms with Crippen LogP contribution in [0, 0.1) is 0 Å². The van der Waals surface area contributed by atoms with Gasteiger partial charge >= 0.3 is 33.0 Å². The van der Waals surface area contributed by atoms with Crippen LogP contribution in [0.15, 0.2) is 307 Å². The number of anilines is 8. The molecule has 0 saturated heterocycles. The molecule has 8 aromatic carbocycles. The van der Waals surface area contributed by atoms with Gasteiger partial charge in [0.1, 0.15) is 0 Å². The fourth-order valence-corrected chi connectivity index (χ4v) is 12.0. The fourth-order valence-electron chi connectivity index (χ4n) is 12.0. The molecule has 0 amide bonds. The summed E-state index contributed by atoms with van der Waals surface area (Å²) < 4.78 is 0. The monoisotopic (exact) mass is 2260 g/mol. The van der Waals surface area contributed by atoms with Crippen molar-refractivity contribution in [2.45, 2.75) is 55.4 Å².